The van der Waals surface area contributed by atoms with E-state index < -0.39 is 18.7 Å². The van der Waals surface area contributed by atoms with Crippen LogP contribution >= 0.6 is 0 Å². The summed E-state index contributed by atoms with van der Waals surface area (Å²) in [4.78, 5) is 12.4. The molecule has 0 bridgehead atoms. The summed E-state index contributed by atoms with van der Waals surface area (Å²) in [5.41, 5.74) is 0.658. The molecule has 2 rings (SSSR count). The van der Waals surface area contributed by atoms with Gasteiger partial charge in [0.25, 0.3) is 5.91 Å². The van der Waals surface area contributed by atoms with Crippen molar-refractivity contribution >= 4 is 11.6 Å². The predicted octanol–water partition coefficient (Wildman–Crippen LogP) is 3.47. The molecule has 0 spiro atoms. The van der Waals surface area contributed by atoms with Gasteiger partial charge in [-0.2, -0.15) is 18.3 Å². The zero-order chi connectivity index (χ0) is 19.9. The van der Waals surface area contributed by atoms with Gasteiger partial charge in [-0.1, -0.05) is 0 Å². The first kappa shape index (κ1) is 20.6. The first-order valence-electron chi connectivity index (χ1n) is 8.20. The van der Waals surface area contributed by atoms with Crippen molar-refractivity contribution in [2.24, 2.45) is 0 Å². The van der Waals surface area contributed by atoms with Crippen LogP contribution in [-0.4, -0.2) is 41.7 Å². The maximum absolute atomic E-state index is 12.4. The Morgan fingerprint density at radius 2 is 1.89 bits per heavy atom. The van der Waals surface area contributed by atoms with Gasteiger partial charge >= 0.3 is 6.18 Å². The molecule has 1 heterocycles. The van der Waals surface area contributed by atoms with Gasteiger partial charge in [-0.3, -0.25) is 4.79 Å². The second-order valence-corrected chi connectivity index (χ2v) is 5.34. The summed E-state index contributed by atoms with van der Waals surface area (Å²) in [5.74, 6) is 0.559. The normalized spacial score (nSPS) is 11.3. The third-order valence-corrected chi connectivity index (χ3v) is 3.19. The van der Waals surface area contributed by atoms with E-state index >= 15 is 0 Å². The van der Waals surface area contributed by atoms with Crippen LogP contribution in [0.1, 0.15) is 24.2 Å². The number of hydrogen-bond acceptors (Lipinski definition) is 5. The molecule has 0 fully saturated rings. The van der Waals surface area contributed by atoms with E-state index in [1.54, 1.807) is 18.2 Å². The Labute approximate surface area is 154 Å². The van der Waals surface area contributed by atoms with Crippen molar-refractivity contribution < 1.29 is 32.2 Å². The molecular weight excluding hydrogens is 367 g/mol. The van der Waals surface area contributed by atoms with Crippen LogP contribution in [0.4, 0.5) is 18.9 Å². The summed E-state index contributed by atoms with van der Waals surface area (Å²) in [6.45, 7) is 2.77. The molecule has 148 valence electrons. The number of hydrogen-bond donors (Lipinski definition) is 1. The van der Waals surface area contributed by atoms with Crippen LogP contribution in [0.2, 0.25) is 0 Å². The Balaban J connectivity index is 1.99. The number of nitrogens with one attached hydrogen (secondary N) is 1. The Hall–Kier alpha value is -2.75. The summed E-state index contributed by atoms with van der Waals surface area (Å²) in [6, 6.07) is 4.78. The van der Waals surface area contributed by atoms with Crippen molar-refractivity contribution in [2.75, 3.05) is 25.1 Å². The highest BCUT2D eigenvalue weighted by atomic mass is 19.4. The van der Waals surface area contributed by atoms with Gasteiger partial charge in [0.15, 0.2) is 11.5 Å². The molecule has 2 aromatic rings. The highest BCUT2D eigenvalue weighted by molar-refractivity contribution is 6.04. The molecule has 27 heavy (non-hydrogen) atoms. The van der Waals surface area contributed by atoms with Crippen LogP contribution < -0.4 is 14.8 Å². The molecule has 7 nitrogen and oxygen atoms in total. The molecule has 0 atom stereocenters. The number of carbonyl (C=O) groups is 1. The summed E-state index contributed by atoms with van der Waals surface area (Å²) in [7, 11) is 0. The molecule has 0 aliphatic heterocycles. The predicted molar refractivity (Wildman–Crippen MR) is 91.0 cm³/mol. The number of rotatable bonds is 9. The second-order valence-electron chi connectivity index (χ2n) is 5.34. The largest absolute Gasteiger partial charge is 0.490 e. The first-order valence-corrected chi connectivity index (χ1v) is 8.20. The SMILES string of the molecule is CCOc1ccc(C(=O)Nc2cnn(COCC(F)(F)F)c2)cc1OCC. The fourth-order valence-electron chi connectivity index (χ4n) is 2.15. The number of alkyl halides is 3. The van der Waals surface area contributed by atoms with Crippen LogP contribution in [0.15, 0.2) is 30.6 Å². The van der Waals surface area contributed by atoms with E-state index in [4.69, 9.17) is 9.47 Å². The molecule has 1 aromatic heterocycles. The molecule has 0 aliphatic carbocycles. The van der Waals surface area contributed by atoms with E-state index in [1.165, 1.54) is 12.4 Å². The lowest BCUT2D eigenvalue weighted by Crippen LogP contribution is -2.18. The number of aromatic nitrogens is 2. The molecule has 0 aliphatic rings. The number of halogens is 3. The van der Waals surface area contributed by atoms with E-state index in [-0.39, 0.29) is 6.73 Å². The van der Waals surface area contributed by atoms with Crippen molar-refractivity contribution in [1.29, 1.82) is 0 Å². The van der Waals surface area contributed by atoms with Gasteiger partial charge in [-0.25, -0.2) is 4.68 Å². The number of benzene rings is 1. The zero-order valence-corrected chi connectivity index (χ0v) is 14.9. The molecule has 0 unspecified atom stereocenters. The second kappa shape index (κ2) is 9.26. The van der Waals surface area contributed by atoms with Gasteiger partial charge in [-0.05, 0) is 32.0 Å². The van der Waals surface area contributed by atoms with Crippen molar-refractivity contribution in [3.8, 4) is 11.5 Å². The molecule has 10 heteroatoms. The molecule has 1 N–H and O–H groups in total. The van der Waals surface area contributed by atoms with Gasteiger partial charge in [-0.15, -0.1) is 0 Å². The number of anilines is 1. The number of nitrogens with zero attached hydrogens (tertiary/aromatic N) is 2. The molecule has 1 amide bonds. The van der Waals surface area contributed by atoms with Crippen molar-refractivity contribution in [3.63, 3.8) is 0 Å². The van der Waals surface area contributed by atoms with Gasteiger partial charge < -0.3 is 19.5 Å². The maximum Gasteiger partial charge on any atom is 0.411 e. The van der Waals surface area contributed by atoms with Crippen LogP contribution in [0.25, 0.3) is 0 Å². The van der Waals surface area contributed by atoms with Crippen LogP contribution in [0.3, 0.4) is 0 Å². The Morgan fingerprint density at radius 3 is 2.56 bits per heavy atom. The zero-order valence-electron chi connectivity index (χ0n) is 14.9. The van der Waals surface area contributed by atoms with E-state index in [9.17, 15) is 18.0 Å². The Morgan fingerprint density at radius 1 is 1.19 bits per heavy atom. The lowest BCUT2D eigenvalue weighted by molar-refractivity contribution is -0.182. The van der Waals surface area contributed by atoms with E-state index in [0.29, 0.717) is 36.0 Å². The lowest BCUT2D eigenvalue weighted by Gasteiger charge is -2.12. The number of carbonyl (C=O) groups excluding carboxylic acids is 1. The minimum Gasteiger partial charge on any atom is -0.490 e. The minimum absolute atomic E-state index is 0.322. The minimum atomic E-state index is -4.41. The molecule has 0 radical (unpaired) electrons. The molecule has 1 aromatic carbocycles. The molecular formula is C17H20F3N3O4. The van der Waals surface area contributed by atoms with E-state index in [2.05, 4.69) is 15.2 Å². The van der Waals surface area contributed by atoms with Gasteiger partial charge in [0.2, 0.25) is 0 Å². The number of ether oxygens (including phenoxy) is 3. The standard InChI is InChI=1S/C17H20F3N3O4/c1-3-26-14-6-5-12(7-15(14)27-4-2)16(24)22-13-8-21-23(9-13)11-25-10-17(18,19)20/h5-9H,3-4,10-11H2,1-2H3,(H,22,24). The van der Waals surface area contributed by atoms with Crippen molar-refractivity contribution in [2.45, 2.75) is 26.8 Å². The van der Waals surface area contributed by atoms with Gasteiger partial charge in [0.05, 0.1) is 31.3 Å². The average Bonchev–Trinajstić information content (AvgIpc) is 3.03. The fourth-order valence-corrected chi connectivity index (χ4v) is 2.15. The first-order chi connectivity index (χ1) is 12.8. The van der Waals surface area contributed by atoms with Crippen LogP contribution in [0, 0.1) is 0 Å². The molecule has 0 saturated carbocycles. The summed E-state index contributed by atoms with van der Waals surface area (Å²) >= 11 is 0. The Bertz CT molecular complexity index is 762. The summed E-state index contributed by atoms with van der Waals surface area (Å²) in [5, 5.41) is 6.44. The summed E-state index contributed by atoms with van der Waals surface area (Å²) in [6.07, 6.45) is -1.73. The van der Waals surface area contributed by atoms with Crippen molar-refractivity contribution in [1.82, 2.24) is 9.78 Å². The summed E-state index contributed by atoms with van der Waals surface area (Å²) < 4.78 is 52.7. The highest BCUT2D eigenvalue weighted by Gasteiger charge is 2.27. The van der Waals surface area contributed by atoms with Gasteiger partial charge in [0, 0.05) is 5.56 Å². The third kappa shape index (κ3) is 6.48. The lowest BCUT2D eigenvalue weighted by atomic mass is 10.2. The maximum atomic E-state index is 12.4. The number of amides is 1. The topological polar surface area (TPSA) is 74.6 Å². The fraction of sp³-hybridized carbons (Fsp3) is 0.412. The Kier molecular flexibility index (Phi) is 7.05. The third-order valence-electron chi connectivity index (χ3n) is 3.19. The van der Waals surface area contributed by atoms with Crippen LogP contribution in [0.5, 0.6) is 11.5 Å². The van der Waals surface area contributed by atoms with Crippen molar-refractivity contribution in [3.05, 3.63) is 36.2 Å². The quantitative estimate of drug-likeness (QED) is 0.713. The van der Waals surface area contributed by atoms with E-state index in [1.807, 2.05) is 13.8 Å². The smallest absolute Gasteiger partial charge is 0.411 e. The monoisotopic (exact) mass is 387 g/mol. The molecule has 0 saturated heterocycles. The average molecular weight is 387 g/mol. The van der Waals surface area contributed by atoms with Crippen LogP contribution in [-0.2, 0) is 11.5 Å². The highest BCUT2D eigenvalue weighted by Crippen LogP contribution is 2.28. The van der Waals surface area contributed by atoms with E-state index in [0.717, 1.165) is 4.68 Å². The van der Waals surface area contributed by atoms with Gasteiger partial charge in [0.1, 0.15) is 13.3 Å².